The van der Waals surface area contributed by atoms with Gasteiger partial charge >= 0.3 is 0 Å². The van der Waals surface area contributed by atoms with Gasteiger partial charge in [0.25, 0.3) is 0 Å². The minimum atomic E-state index is 0.566. The third-order valence-corrected chi connectivity index (χ3v) is 3.08. The Morgan fingerprint density at radius 1 is 1.43 bits per heavy atom. The third kappa shape index (κ3) is 2.89. The first-order valence-corrected chi connectivity index (χ1v) is 6.07. The van der Waals surface area contributed by atoms with Gasteiger partial charge in [0.1, 0.15) is 0 Å². The van der Waals surface area contributed by atoms with Gasteiger partial charge in [-0.25, -0.2) is 0 Å². The second kappa shape index (κ2) is 5.62. The molecule has 0 unspecified atom stereocenters. The smallest absolute Gasteiger partial charge is 0.0508 e. The first kappa shape index (κ1) is 11.9. The molecule has 0 heterocycles. The predicted octanol–water partition coefficient (Wildman–Crippen LogP) is 4.03. The van der Waals surface area contributed by atoms with Crippen molar-refractivity contribution < 1.29 is 0 Å². The maximum atomic E-state index is 5.76. The van der Waals surface area contributed by atoms with E-state index < -0.39 is 0 Å². The summed E-state index contributed by atoms with van der Waals surface area (Å²) in [5, 5.41) is 0. The lowest BCUT2D eigenvalue weighted by atomic mass is 10.2. The van der Waals surface area contributed by atoms with Crippen LogP contribution in [0.15, 0.2) is 22.7 Å². The fourth-order valence-corrected chi connectivity index (χ4v) is 2.29. The molecule has 0 aliphatic carbocycles. The van der Waals surface area contributed by atoms with Crippen molar-refractivity contribution >= 4 is 33.2 Å². The zero-order valence-electron chi connectivity index (χ0n) is 8.56. The molecule has 1 nitrogen and oxygen atoms in total. The Labute approximate surface area is 99.2 Å². The van der Waals surface area contributed by atoms with Crippen molar-refractivity contribution in [2.24, 2.45) is 0 Å². The highest BCUT2D eigenvalue weighted by atomic mass is 79.9. The Morgan fingerprint density at radius 2 is 2.14 bits per heavy atom. The molecule has 0 N–H and O–H groups in total. The second-order valence-electron chi connectivity index (χ2n) is 3.34. The van der Waals surface area contributed by atoms with Crippen LogP contribution in [0, 0.1) is 0 Å². The van der Waals surface area contributed by atoms with Crippen molar-refractivity contribution in [1.29, 1.82) is 0 Å². The van der Waals surface area contributed by atoms with Crippen LogP contribution in [0.1, 0.15) is 18.9 Å². The van der Waals surface area contributed by atoms with E-state index in [0.717, 1.165) is 23.0 Å². The van der Waals surface area contributed by atoms with E-state index in [2.05, 4.69) is 53.0 Å². The van der Waals surface area contributed by atoms with E-state index in [1.54, 1.807) is 0 Å². The lowest BCUT2D eigenvalue weighted by molar-refractivity contribution is 0.850. The number of alkyl halides is 1. The van der Waals surface area contributed by atoms with E-state index in [0.29, 0.717) is 5.88 Å². The minimum Gasteiger partial charge on any atom is -0.374 e. The summed E-state index contributed by atoms with van der Waals surface area (Å²) in [5.74, 6) is 0.566. The zero-order valence-corrected chi connectivity index (χ0v) is 10.9. The van der Waals surface area contributed by atoms with Crippen LogP contribution in [0.4, 0.5) is 5.69 Å². The molecule has 0 aliphatic heterocycles. The number of hydrogen-bond donors (Lipinski definition) is 0. The van der Waals surface area contributed by atoms with Crippen molar-refractivity contribution in [2.45, 2.75) is 19.2 Å². The highest BCUT2D eigenvalue weighted by Crippen LogP contribution is 2.27. The molecular formula is C11H15BrClN. The van der Waals surface area contributed by atoms with Gasteiger partial charge in [0, 0.05) is 23.9 Å². The van der Waals surface area contributed by atoms with E-state index in [9.17, 15) is 0 Å². The van der Waals surface area contributed by atoms with Crippen molar-refractivity contribution in [1.82, 2.24) is 0 Å². The molecule has 0 amide bonds. The summed E-state index contributed by atoms with van der Waals surface area (Å²) in [5.41, 5.74) is 2.37. The van der Waals surface area contributed by atoms with Gasteiger partial charge in [-0.05, 0) is 40.0 Å². The van der Waals surface area contributed by atoms with Gasteiger partial charge < -0.3 is 4.90 Å². The van der Waals surface area contributed by atoms with E-state index in [4.69, 9.17) is 11.6 Å². The predicted molar refractivity (Wildman–Crippen MR) is 67.3 cm³/mol. The van der Waals surface area contributed by atoms with Crippen LogP contribution < -0.4 is 4.90 Å². The Balaban J connectivity index is 2.88. The molecule has 0 atom stereocenters. The highest BCUT2D eigenvalue weighted by Gasteiger charge is 2.04. The molecule has 0 bridgehead atoms. The molecule has 1 aromatic rings. The Morgan fingerprint density at radius 3 is 2.64 bits per heavy atom. The molecule has 3 heteroatoms. The van der Waals surface area contributed by atoms with Crippen LogP contribution >= 0.6 is 27.5 Å². The van der Waals surface area contributed by atoms with Crippen LogP contribution in [0.2, 0.25) is 0 Å². The molecule has 78 valence electrons. The topological polar surface area (TPSA) is 3.24 Å². The van der Waals surface area contributed by atoms with Gasteiger partial charge in [-0.15, -0.1) is 11.6 Å². The van der Waals surface area contributed by atoms with Crippen molar-refractivity contribution in [3.05, 3.63) is 28.2 Å². The summed E-state index contributed by atoms with van der Waals surface area (Å²) in [4.78, 5) is 2.24. The van der Waals surface area contributed by atoms with Gasteiger partial charge in [-0.2, -0.15) is 0 Å². The second-order valence-corrected chi connectivity index (χ2v) is 4.46. The molecule has 0 spiro atoms. The van der Waals surface area contributed by atoms with Crippen molar-refractivity contribution in [3.8, 4) is 0 Å². The summed E-state index contributed by atoms with van der Waals surface area (Å²) >= 11 is 9.32. The summed E-state index contributed by atoms with van der Waals surface area (Å²) in [7, 11) is 2.10. The largest absolute Gasteiger partial charge is 0.374 e. The molecule has 1 rings (SSSR count). The quantitative estimate of drug-likeness (QED) is 0.750. The molecule has 0 saturated heterocycles. The molecule has 0 aliphatic rings. The van der Waals surface area contributed by atoms with Crippen LogP contribution in [0.25, 0.3) is 0 Å². The number of nitrogens with zero attached hydrogens (tertiary/aromatic N) is 1. The SMILES string of the molecule is CCCN(C)c1ccc(CCl)cc1Br. The normalized spacial score (nSPS) is 10.3. The first-order valence-electron chi connectivity index (χ1n) is 4.74. The summed E-state index contributed by atoms with van der Waals surface area (Å²) in [6.45, 7) is 3.25. The van der Waals surface area contributed by atoms with Gasteiger partial charge in [0.15, 0.2) is 0 Å². The third-order valence-electron chi connectivity index (χ3n) is 2.14. The van der Waals surface area contributed by atoms with Crippen LogP contribution in [0.5, 0.6) is 0 Å². The Hall–Kier alpha value is -0.210. The fraction of sp³-hybridized carbons (Fsp3) is 0.455. The maximum absolute atomic E-state index is 5.76. The molecule has 0 radical (unpaired) electrons. The minimum absolute atomic E-state index is 0.566. The fourth-order valence-electron chi connectivity index (χ4n) is 1.40. The van der Waals surface area contributed by atoms with E-state index >= 15 is 0 Å². The standard InChI is InChI=1S/C11H15BrClN/c1-3-6-14(2)11-5-4-9(8-13)7-10(11)12/h4-5,7H,3,6,8H2,1-2H3. The Bertz CT molecular complexity index is 301. The van der Waals surface area contributed by atoms with E-state index in [-0.39, 0.29) is 0 Å². The van der Waals surface area contributed by atoms with Gasteiger partial charge in [0.05, 0.1) is 5.69 Å². The first-order chi connectivity index (χ1) is 6.69. The maximum Gasteiger partial charge on any atom is 0.0508 e. The lowest BCUT2D eigenvalue weighted by Gasteiger charge is -2.20. The molecular weight excluding hydrogens is 261 g/mol. The Kier molecular flexibility index (Phi) is 4.76. The van der Waals surface area contributed by atoms with Crippen molar-refractivity contribution in [2.75, 3.05) is 18.5 Å². The lowest BCUT2D eigenvalue weighted by Crippen LogP contribution is -2.18. The number of anilines is 1. The number of rotatable bonds is 4. The molecule has 14 heavy (non-hydrogen) atoms. The van der Waals surface area contributed by atoms with Crippen LogP contribution in [0.3, 0.4) is 0 Å². The monoisotopic (exact) mass is 275 g/mol. The summed E-state index contributed by atoms with van der Waals surface area (Å²) in [6, 6.07) is 6.26. The summed E-state index contributed by atoms with van der Waals surface area (Å²) in [6.07, 6.45) is 1.15. The van der Waals surface area contributed by atoms with Crippen molar-refractivity contribution in [3.63, 3.8) is 0 Å². The average Bonchev–Trinajstić information content (AvgIpc) is 2.17. The van der Waals surface area contributed by atoms with Gasteiger partial charge in [0.2, 0.25) is 0 Å². The number of halogens is 2. The number of benzene rings is 1. The molecule has 0 saturated carbocycles. The highest BCUT2D eigenvalue weighted by molar-refractivity contribution is 9.10. The summed E-state index contributed by atoms with van der Waals surface area (Å²) < 4.78 is 1.12. The van der Waals surface area contributed by atoms with Gasteiger partial charge in [-0.3, -0.25) is 0 Å². The van der Waals surface area contributed by atoms with E-state index in [1.165, 1.54) is 5.69 Å². The van der Waals surface area contributed by atoms with Crippen LogP contribution in [-0.2, 0) is 5.88 Å². The average molecular weight is 277 g/mol. The number of hydrogen-bond acceptors (Lipinski definition) is 1. The van der Waals surface area contributed by atoms with Gasteiger partial charge in [-0.1, -0.05) is 13.0 Å². The van der Waals surface area contributed by atoms with E-state index in [1.807, 2.05) is 0 Å². The zero-order chi connectivity index (χ0) is 10.6. The molecule has 1 aromatic carbocycles. The molecule has 0 aromatic heterocycles. The molecule has 0 fully saturated rings. The van der Waals surface area contributed by atoms with Crippen LogP contribution in [-0.4, -0.2) is 13.6 Å².